The Morgan fingerprint density at radius 3 is 2.90 bits per heavy atom. The van der Waals surface area contributed by atoms with Gasteiger partial charge in [0.1, 0.15) is 6.33 Å². The molecule has 0 aliphatic heterocycles. The molecule has 0 aliphatic carbocycles. The molecule has 0 aromatic carbocycles. The van der Waals surface area contributed by atoms with Gasteiger partial charge >= 0.3 is 0 Å². The van der Waals surface area contributed by atoms with Crippen molar-refractivity contribution in [3.05, 3.63) is 18.7 Å². The average molecular weight is 139 g/mol. The van der Waals surface area contributed by atoms with Crippen molar-refractivity contribution in [1.29, 1.82) is 0 Å². The van der Waals surface area contributed by atoms with E-state index in [2.05, 4.69) is 16.9 Å². The Morgan fingerprint density at radius 1 is 1.60 bits per heavy atom. The third-order valence-electron chi connectivity index (χ3n) is 1.43. The quantitative estimate of drug-likeness (QED) is 0.619. The van der Waals surface area contributed by atoms with Crippen molar-refractivity contribution in [2.75, 3.05) is 18.6 Å². The van der Waals surface area contributed by atoms with Crippen molar-refractivity contribution in [3.8, 4) is 0 Å². The maximum absolute atomic E-state index is 3.95. The molecule has 1 aromatic rings. The van der Waals surface area contributed by atoms with Crippen LogP contribution in [0.4, 0.5) is 0 Å². The number of hydrogen-bond acceptors (Lipinski definition) is 2. The predicted octanol–water partition coefficient (Wildman–Crippen LogP) is 0.861. The molecule has 10 heavy (non-hydrogen) atoms. The van der Waals surface area contributed by atoms with E-state index in [1.807, 2.05) is 17.9 Å². The van der Waals surface area contributed by atoms with Crippen LogP contribution < -0.4 is 5.01 Å². The van der Waals surface area contributed by atoms with E-state index in [-0.39, 0.29) is 0 Å². The van der Waals surface area contributed by atoms with Gasteiger partial charge in [-0.25, -0.2) is 4.98 Å². The van der Waals surface area contributed by atoms with Gasteiger partial charge in [0.2, 0.25) is 0 Å². The molecule has 0 unspecified atom stereocenters. The van der Waals surface area contributed by atoms with Gasteiger partial charge < -0.3 is 5.01 Å². The van der Waals surface area contributed by atoms with Crippen LogP contribution in [0.1, 0.15) is 13.3 Å². The lowest BCUT2D eigenvalue weighted by atomic mass is 10.5. The molecule has 1 heterocycles. The van der Waals surface area contributed by atoms with Crippen LogP contribution in [0.5, 0.6) is 0 Å². The molecule has 0 saturated carbocycles. The molecule has 0 N–H and O–H groups in total. The van der Waals surface area contributed by atoms with Gasteiger partial charge in [-0.1, -0.05) is 6.92 Å². The fourth-order valence-electron chi connectivity index (χ4n) is 0.893. The van der Waals surface area contributed by atoms with Gasteiger partial charge in [0.05, 0.1) is 0 Å². The van der Waals surface area contributed by atoms with E-state index in [1.54, 1.807) is 12.5 Å². The van der Waals surface area contributed by atoms with Gasteiger partial charge in [0, 0.05) is 26.0 Å². The molecule has 0 amide bonds. The molecule has 0 atom stereocenters. The Labute approximate surface area is 61.3 Å². The lowest BCUT2D eigenvalue weighted by Crippen LogP contribution is -2.29. The Balaban J connectivity index is 2.50. The zero-order chi connectivity index (χ0) is 7.40. The number of rotatable bonds is 3. The monoisotopic (exact) mass is 139 g/mol. The van der Waals surface area contributed by atoms with Gasteiger partial charge in [-0.3, -0.25) is 4.68 Å². The van der Waals surface area contributed by atoms with Gasteiger partial charge in [-0.2, -0.15) is 0 Å². The summed E-state index contributed by atoms with van der Waals surface area (Å²) < 4.78 is 1.98. The Bertz CT molecular complexity index is 169. The topological polar surface area (TPSA) is 21.1 Å². The lowest BCUT2D eigenvalue weighted by molar-refractivity contribution is 0.638. The van der Waals surface area contributed by atoms with Gasteiger partial charge in [-0.05, 0) is 6.42 Å². The van der Waals surface area contributed by atoms with Crippen molar-refractivity contribution >= 4 is 0 Å². The largest absolute Gasteiger partial charge is 0.315 e. The zero-order valence-electron chi connectivity index (χ0n) is 6.49. The average Bonchev–Trinajstić information content (AvgIpc) is 2.38. The fourth-order valence-corrected chi connectivity index (χ4v) is 0.893. The number of imidazole rings is 1. The summed E-state index contributed by atoms with van der Waals surface area (Å²) in [7, 11) is 2.05. The van der Waals surface area contributed by atoms with Gasteiger partial charge in [-0.15, -0.1) is 0 Å². The fraction of sp³-hybridized carbons (Fsp3) is 0.571. The van der Waals surface area contributed by atoms with E-state index in [9.17, 15) is 0 Å². The third kappa shape index (κ3) is 1.50. The maximum Gasteiger partial charge on any atom is 0.114 e. The molecule has 0 radical (unpaired) electrons. The molecule has 1 rings (SSSR count). The molecule has 3 nitrogen and oxygen atoms in total. The minimum Gasteiger partial charge on any atom is -0.315 e. The summed E-state index contributed by atoms with van der Waals surface area (Å²) in [4.78, 5) is 3.95. The van der Waals surface area contributed by atoms with Gasteiger partial charge in [0.25, 0.3) is 0 Å². The highest BCUT2D eigenvalue weighted by molar-refractivity contribution is 4.84. The summed E-state index contributed by atoms with van der Waals surface area (Å²) in [5, 5.41) is 2.12. The minimum absolute atomic E-state index is 1.07. The predicted molar refractivity (Wildman–Crippen MR) is 41.5 cm³/mol. The zero-order valence-corrected chi connectivity index (χ0v) is 6.49. The summed E-state index contributed by atoms with van der Waals surface area (Å²) in [6.07, 6.45) is 6.69. The lowest BCUT2D eigenvalue weighted by Gasteiger charge is -2.18. The first-order valence-corrected chi connectivity index (χ1v) is 3.54. The van der Waals surface area contributed by atoms with Crippen molar-refractivity contribution in [2.24, 2.45) is 0 Å². The van der Waals surface area contributed by atoms with Crippen LogP contribution in [0.3, 0.4) is 0 Å². The highest BCUT2D eigenvalue weighted by Crippen LogP contribution is 1.88. The van der Waals surface area contributed by atoms with Crippen LogP contribution in [0.25, 0.3) is 0 Å². The first-order valence-electron chi connectivity index (χ1n) is 3.54. The summed E-state index contributed by atoms with van der Waals surface area (Å²) in [6.45, 7) is 3.23. The normalized spacial score (nSPS) is 9.80. The van der Waals surface area contributed by atoms with Crippen LogP contribution >= 0.6 is 0 Å². The molecular weight excluding hydrogens is 126 g/mol. The van der Waals surface area contributed by atoms with Crippen molar-refractivity contribution in [3.63, 3.8) is 0 Å². The molecule has 1 aromatic heterocycles. The second-order valence-electron chi connectivity index (χ2n) is 2.32. The molecule has 0 spiro atoms. The molecular formula is C7H13N3. The minimum atomic E-state index is 1.07. The van der Waals surface area contributed by atoms with Crippen LogP contribution in [-0.4, -0.2) is 23.3 Å². The Morgan fingerprint density at radius 2 is 2.40 bits per heavy atom. The summed E-state index contributed by atoms with van der Waals surface area (Å²) >= 11 is 0. The molecule has 0 bridgehead atoms. The standard InChI is InChI=1S/C7H13N3/c1-3-5-9(2)10-6-4-8-7-10/h4,6-7H,3,5H2,1-2H3. The van der Waals surface area contributed by atoms with Crippen molar-refractivity contribution in [1.82, 2.24) is 9.66 Å². The van der Waals surface area contributed by atoms with Crippen LogP contribution in [-0.2, 0) is 0 Å². The summed E-state index contributed by atoms with van der Waals surface area (Å²) in [5.74, 6) is 0. The van der Waals surface area contributed by atoms with Crippen LogP contribution in [0.2, 0.25) is 0 Å². The second kappa shape index (κ2) is 3.25. The molecule has 0 fully saturated rings. The highest BCUT2D eigenvalue weighted by Gasteiger charge is 1.93. The third-order valence-corrected chi connectivity index (χ3v) is 1.43. The molecule has 56 valence electrons. The second-order valence-corrected chi connectivity index (χ2v) is 2.32. The maximum atomic E-state index is 3.95. The smallest absolute Gasteiger partial charge is 0.114 e. The molecule has 0 saturated heterocycles. The van der Waals surface area contributed by atoms with E-state index in [1.165, 1.54) is 0 Å². The van der Waals surface area contributed by atoms with Crippen LogP contribution in [0.15, 0.2) is 18.7 Å². The van der Waals surface area contributed by atoms with Crippen molar-refractivity contribution < 1.29 is 0 Å². The SMILES string of the molecule is CCCN(C)n1ccnc1. The first kappa shape index (κ1) is 7.12. The Hall–Kier alpha value is -0.990. The number of nitrogens with zero attached hydrogens (tertiary/aromatic N) is 3. The summed E-state index contributed by atoms with van der Waals surface area (Å²) in [6, 6.07) is 0. The highest BCUT2D eigenvalue weighted by atomic mass is 15.5. The number of aromatic nitrogens is 2. The van der Waals surface area contributed by atoms with Crippen molar-refractivity contribution in [2.45, 2.75) is 13.3 Å². The number of hydrogen-bond donors (Lipinski definition) is 0. The van der Waals surface area contributed by atoms with Gasteiger partial charge in [0.15, 0.2) is 0 Å². The van der Waals surface area contributed by atoms with E-state index < -0.39 is 0 Å². The van der Waals surface area contributed by atoms with E-state index in [4.69, 9.17) is 0 Å². The van der Waals surface area contributed by atoms with E-state index in [0.717, 1.165) is 13.0 Å². The van der Waals surface area contributed by atoms with E-state index >= 15 is 0 Å². The van der Waals surface area contributed by atoms with E-state index in [0.29, 0.717) is 0 Å². The Kier molecular flexibility index (Phi) is 2.31. The molecule has 3 heteroatoms. The molecule has 0 aliphatic rings. The summed E-state index contributed by atoms with van der Waals surface area (Å²) in [5.41, 5.74) is 0. The first-order chi connectivity index (χ1) is 4.84. The van der Waals surface area contributed by atoms with Crippen LogP contribution in [0, 0.1) is 0 Å².